The van der Waals surface area contributed by atoms with E-state index in [9.17, 15) is 28.8 Å². The summed E-state index contributed by atoms with van der Waals surface area (Å²) in [4.78, 5) is 105. The van der Waals surface area contributed by atoms with Gasteiger partial charge in [-0.1, -0.05) is 72.8 Å². The molecule has 81 heavy (non-hydrogen) atoms. The van der Waals surface area contributed by atoms with Gasteiger partial charge in [-0.25, -0.2) is 27.4 Å². The van der Waals surface area contributed by atoms with Crippen LogP contribution in [0, 0.1) is 20.8 Å². The third-order valence-corrected chi connectivity index (χ3v) is 14.5. The molecule has 0 spiro atoms. The van der Waals surface area contributed by atoms with E-state index in [-0.39, 0.29) is 34.7 Å². The molecule has 3 aliphatic carbocycles. The SMILES string of the molecule is COCCn1c2c([n+](Cc3cnccn3)c1C)C(=O)c1ccccc1C2=O.COCCn1c2c([n+](Cc3cnccn3)c1C)C(=O)c1ccccc1C2=O.COCCn1c2c([n+](Cc3cnccn3)c1C)C(=O)c1ccccc1C2=O. The smallest absolute Gasteiger partial charge is 0.254 e. The highest BCUT2D eigenvalue weighted by Gasteiger charge is 2.46. The van der Waals surface area contributed by atoms with Crippen LogP contribution >= 0.6 is 0 Å². The number of methoxy groups -OCH3 is 3. The van der Waals surface area contributed by atoms with Crippen molar-refractivity contribution >= 4 is 34.7 Å². The van der Waals surface area contributed by atoms with Crippen molar-refractivity contribution < 1.29 is 56.7 Å². The molecule has 21 heteroatoms. The van der Waals surface area contributed by atoms with Crippen LogP contribution in [-0.2, 0) is 53.5 Å². The first kappa shape index (κ1) is 54.8. The zero-order valence-electron chi connectivity index (χ0n) is 45.5. The Morgan fingerprint density at radius 3 is 0.840 bits per heavy atom. The van der Waals surface area contributed by atoms with Gasteiger partial charge in [0, 0.05) is 113 Å². The van der Waals surface area contributed by atoms with Crippen LogP contribution in [0.25, 0.3) is 0 Å². The first-order chi connectivity index (χ1) is 39.4. The van der Waals surface area contributed by atoms with Crippen molar-refractivity contribution in [2.75, 3.05) is 41.2 Å². The van der Waals surface area contributed by atoms with Crippen LogP contribution in [0.15, 0.2) is 129 Å². The monoisotopic (exact) mass is 1090 g/mol. The summed E-state index contributed by atoms with van der Waals surface area (Å²) < 4.78 is 26.8. The second-order valence-electron chi connectivity index (χ2n) is 19.1. The minimum absolute atomic E-state index is 0.141. The van der Waals surface area contributed by atoms with Crippen molar-refractivity contribution in [3.8, 4) is 0 Å². The molecular weight excluding hydrogens is 1030 g/mol. The summed E-state index contributed by atoms with van der Waals surface area (Å²) in [5.41, 5.74) is 7.24. The maximum Gasteiger partial charge on any atom is 0.254 e. The average molecular weight is 1090 g/mol. The molecule has 3 aromatic carbocycles. The van der Waals surface area contributed by atoms with Gasteiger partial charge in [-0.3, -0.25) is 58.7 Å². The fourth-order valence-electron chi connectivity index (χ4n) is 10.6. The van der Waals surface area contributed by atoms with Crippen LogP contribution < -0.4 is 13.7 Å². The first-order valence-corrected chi connectivity index (χ1v) is 26.0. The summed E-state index contributed by atoms with van der Waals surface area (Å²) in [6, 6.07) is 20.9. The van der Waals surface area contributed by atoms with E-state index in [4.69, 9.17) is 14.2 Å². The molecule has 0 saturated carbocycles. The lowest BCUT2D eigenvalue weighted by atomic mass is 9.90. The van der Waals surface area contributed by atoms with E-state index < -0.39 is 0 Å². The molecule has 408 valence electrons. The summed E-state index contributed by atoms with van der Waals surface area (Å²) in [7, 11) is 4.84. The zero-order valence-corrected chi connectivity index (χ0v) is 45.5. The lowest BCUT2D eigenvalue weighted by Gasteiger charge is -2.12. The Morgan fingerprint density at radius 1 is 0.370 bits per heavy atom. The topological polar surface area (TPSA) is 234 Å². The quantitative estimate of drug-likeness (QED) is 0.132. The highest BCUT2D eigenvalue weighted by atomic mass is 16.5. The number of carbonyl (C=O) groups is 6. The van der Waals surface area contributed by atoms with Crippen LogP contribution in [0.2, 0.25) is 0 Å². The molecule has 21 nitrogen and oxygen atoms in total. The molecule has 0 fully saturated rings. The van der Waals surface area contributed by atoms with Gasteiger partial charge in [0.05, 0.1) is 38.4 Å². The molecule has 6 heterocycles. The number of ether oxygens (including phenoxy) is 3. The van der Waals surface area contributed by atoms with E-state index in [2.05, 4.69) is 29.9 Å². The van der Waals surface area contributed by atoms with Crippen LogP contribution in [-0.4, -0.2) is 119 Å². The number of hydrogen-bond acceptors (Lipinski definition) is 15. The standard InChI is InChI=1S/3C20H19N4O3/c3*1-13-23(9-10-27-2)17-18(24(13)12-14-11-21-7-8-22-14)20(26)16-6-4-3-5-15(16)19(17)25/h3*3-8,11H,9-10,12H2,1-2H3/q3*+1. The van der Waals surface area contributed by atoms with Gasteiger partial charge in [0.1, 0.15) is 56.4 Å². The number of carbonyl (C=O) groups excluding carboxylic acids is 6. The minimum atomic E-state index is -0.150. The molecule has 6 aromatic heterocycles. The summed E-state index contributed by atoms with van der Waals surface area (Å²) in [5.74, 6) is 1.54. The number of ketones is 6. The van der Waals surface area contributed by atoms with Crippen molar-refractivity contribution in [2.45, 2.75) is 60.0 Å². The Hall–Kier alpha value is -9.57. The molecule has 12 rings (SSSR count). The fourth-order valence-corrected chi connectivity index (χ4v) is 10.6. The molecule has 0 N–H and O–H groups in total. The third kappa shape index (κ3) is 10.2. The molecule has 0 bridgehead atoms. The lowest BCUT2D eigenvalue weighted by Crippen LogP contribution is -2.43. The molecule has 0 saturated heterocycles. The van der Waals surface area contributed by atoms with Crippen molar-refractivity contribution in [3.63, 3.8) is 0 Å². The van der Waals surface area contributed by atoms with Crippen molar-refractivity contribution in [3.05, 3.63) is 231 Å². The summed E-state index contributed by atoms with van der Waals surface area (Å²) in [6.45, 7) is 9.57. The maximum absolute atomic E-state index is 13.3. The summed E-state index contributed by atoms with van der Waals surface area (Å²) >= 11 is 0. The second kappa shape index (κ2) is 23.8. The van der Waals surface area contributed by atoms with E-state index in [1.165, 1.54) is 0 Å². The van der Waals surface area contributed by atoms with Crippen molar-refractivity contribution in [2.24, 2.45) is 0 Å². The van der Waals surface area contributed by atoms with Crippen LogP contribution in [0.1, 0.15) is 131 Å². The Bertz CT molecular complexity index is 3530. The lowest BCUT2D eigenvalue weighted by molar-refractivity contribution is -0.696. The average Bonchev–Trinajstić information content (AvgIpc) is 4.29. The van der Waals surface area contributed by atoms with Gasteiger partial charge in [-0.15, -0.1) is 0 Å². The molecule has 0 aliphatic heterocycles. The largest absolute Gasteiger partial charge is 0.381 e. The Labute approximate surface area is 465 Å². The molecule has 3 aliphatic rings. The van der Waals surface area contributed by atoms with E-state index >= 15 is 0 Å². The molecular formula is C60H57N12O9+3. The fraction of sp³-hybridized carbons (Fsp3) is 0.250. The van der Waals surface area contributed by atoms with Crippen LogP contribution in [0.3, 0.4) is 0 Å². The maximum atomic E-state index is 13.3. The zero-order chi connectivity index (χ0) is 56.9. The molecule has 0 unspecified atom stereocenters. The molecule has 9 aromatic rings. The van der Waals surface area contributed by atoms with Crippen LogP contribution in [0.5, 0.6) is 0 Å². The number of nitrogens with zero attached hydrogens (tertiary/aromatic N) is 12. The Balaban J connectivity index is 0.000000136. The normalized spacial score (nSPS) is 12.8. The van der Waals surface area contributed by atoms with Gasteiger partial charge < -0.3 is 14.2 Å². The second-order valence-corrected chi connectivity index (χ2v) is 19.1. The van der Waals surface area contributed by atoms with Crippen molar-refractivity contribution in [1.82, 2.24) is 43.6 Å². The highest BCUT2D eigenvalue weighted by Crippen LogP contribution is 2.30. The van der Waals surface area contributed by atoms with Crippen LogP contribution in [0.4, 0.5) is 0 Å². The van der Waals surface area contributed by atoms with Gasteiger partial charge in [0.15, 0.2) is 0 Å². The molecule has 0 radical (unpaired) electrons. The minimum Gasteiger partial charge on any atom is -0.381 e. The van der Waals surface area contributed by atoms with E-state index in [1.54, 1.807) is 150 Å². The Morgan fingerprint density at radius 2 is 0.617 bits per heavy atom. The Kier molecular flexibility index (Phi) is 16.1. The predicted molar refractivity (Wildman–Crippen MR) is 287 cm³/mol. The van der Waals surface area contributed by atoms with E-state index in [0.29, 0.717) is 127 Å². The third-order valence-electron chi connectivity index (χ3n) is 14.5. The van der Waals surface area contributed by atoms with E-state index in [0.717, 1.165) is 34.6 Å². The van der Waals surface area contributed by atoms with Gasteiger partial charge in [-0.2, -0.15) is 0 Å². The number of benzene rings is 3. The van der Waals surface area contributed by atoms with Gasteiger partial charge in [0.25, 0.3) is 17.5 Å². The summed E-state index contributed by atoms with van der Waals surface area (Å²) in [5, 5.41) is 0. The molecule has 0 amide bonds. The van der Waals surface area contributed by atoms with Gasteiger partial charge in [0.2, 0.25) is 68.9 Å². The number of imidazole rings is 3. The summed E-state index contributed by atoms with van der Waals surface area (Å²) in [6.07, 6.45) is 14.6. The van der Waals surface area contributed by atoms with E-state index in [1.807, 2.05) is 48.2 Å². The molecule has 0 atom stereocenters. The number of rotatable bonds is 15. The van der Waals surface area contributed by atoms with Crippen molar-refractivity contribution in [1.29, 1.82) is 0 Å². The van der Waals surface area contributed by atoms with Gasteiger partial charge in [-0.05, 0) is 0 Å². The number of hydrogen-bond donors (Lipinski definition) is 0. The number of aromatic nitrogens is 12. The predicted octanol–water partition coefficient (Wildman–Crippen LogP) is 4.03. The number of fused-ring (bicyclic) bond motifs is 6. The highest BCUT2D eigenvalue weighted by molar-refractivity contribution is 6.28. The first-order valence-electron chi connectivity index (χ1n) is 26.0. The van der Waals surface area contributed by atoms with Gasteiger partial charge >= 0.3 is 0 Å².